The monoisotopic (exact) mass is 261 g/mol. The molecular weight excluding hydrogens is 242 g/mol. The first-order chi connectivity index (χ1) is 9.35. The normalized spacial score (nSPS) is 10.4. The average Bonchev–Trinajstić information content (AvgIpc) is 2.96. The van der Waals surface area contributed by atoms with Crippen LogP contribution in [0.25, 0.3) is 0 Å². The summed E-state index contributed by atoms with van der Waals surface area (Å²) in [6.07, 6.45) is 6.98. The quantitative estimate of drug-likeness (QED) is 0.728. The Balaban J connectivity index is 1.88. The van der Waals surface area contributed by atoms with Crippen LogP contribution in [-0.2, 0) is 13.0 Å². The molecule has 0 bridgehead atoms. The lowest BCUT2D eigenvalue weighted by molar-refractivity contribution is 0.569. The van der Waals surface area contributed by atoms with Gasteiger partial charge in [-0.2, -0.15) is 0 Å². The van der Waals surface area contributed by atoms with Gasteiger partial charge in [0.2, 0.25) is 0 Å². The van der Waals surface area contributed by atoms with Crippen LogP contribution in [0.2, 0.25) is 0 Å². The summed E-state index contributed by atoms with van der Waals surface area (Å²) in [6.45, 7) is 3.78. The van der Waals surface area contributed by atoms with Gasteiger partial charge in [-0.3, -0.25) is 4.68 Å². The molecule has 2 rings (SSSR count). The first-order valence-corrected chi connectivity index (χ1v) is 6.44. The molecule has 0 saturated heterocycles. The van der Waals surface area contributed by atoms with Gasteiger partial charge in [-0.25, -0.2) is 9.97 Å². The summed E-state index contributed by atoms with van der Waals surface area (Å²) >= 11 is 0. The summed E-state index contributed by atoms with van der Waals surface area (Å²) in [5.74, 6) is 1.79. The van der Waals surface area contributed by atoms with Crippen molar-refractivity contribution in [3.05, 3.63) is 24.3 Å². The molecule has 19 heavy (non-hydrogen) atoms. The summed E-state index contributed by atoms with van der Waals surface area (Å²) in [5, 5.41) is 14.1. The van der Waals surface area contributed by atoms with E-state index in [-0.39, 0.29) is 0 Å². The Labute approximate surface area is 112 Å². The predicted octanol–water partition coefficient (Wildman–Crippen LogP) is 1.17. The number of aryl methyl sites for hydroxylation is 1. The van der Waals surface area contributed by atoms with E-state index in [4.69, 9.17) is 0 Å². The predicted molar refractivity (Wildman–Crippen MR) is 74.1 cm³/mol. The SMILES string of the molecule is CCc1c(NC)ncnc1NCCCn1ccnn1. The second kappa shape index (κ2) is 6.67. The Bertz CT molecular complexity index is 495. The van der Waals surface area contributed by atoms with E-state index in [2.05, 4.69) is 37.8 Å². The topological polar surface area (TPSA) is 80.5 Å². The van der Waals surface area contributed by atoms with E-state index in [1.54, 1.807) is 12.5 Å². The van der Waals surface area contributed by atoms with Crippen molar-refractivity contribution in [2.75, 3.05) is 24.2 Å². The van der Waals surface area contributed by atoms with Crippen molar-refractivity contribution < 1.29 is 0 Å². The first-order valence-electron chi connectivity index (χ1n) is 6.44. The van der Waals surface area contributed by atoms with Gasteiger partial charge in [0, 0.05) is 31.9 Å². The largest absolute Gasteiger partial charge is 0.373 e. The molecule has 0 fully saturated rings. The van der Waals surface area contributed by atoms with Crippen molar-refractivity contribution in [3.8, 4) is 0 Å². The van der Waals surface area contributed by atoms with Crippen LogP contribution in [0.5, 0.6) is 0 Å². The van der Waals surface area contributed by atoms with Crippen molar-refractivity contribution in [2.45, 2.75) is 26.3 Å². The molecule has 0 aliphatic carbocycles. The van der Waals surface area contributed by atoms with Gasteiger partial charge < -0.3 is 10.6 Å². The molecule has 0 atom stereocenters. The average molecular weight is 261 g/mol. The second-order valence-electron chi connectivity index (χ2n) is 4.10. The number of hydrogen-bond acceptors (Lipinski definition) is 6. The Morgan fingerprint density at radius 1 is 1.26 bits per heavy atom. The molecule has 0 aliphatic heterocycles. The lowest BCUT2D eigenvalue weighted by atomic mass is 10.2. The smallest absolute Gasteiger partial charge is 0.134 e. The van der Waals surface area contributed by atoms with E-state index >= 15 is 0 Å². The fourth-order valence-electron chi connectivity index (χ4n) is 1.91. The number of hydrogen-bond donors (Lipinski definition) is 2. The maximum atomic E-state index is 4.30. The maximum Gasteiger partial charge on any atom is 0.134 e. The van der Waals surface area contributed by atoms with Crippen molar-refractivity contribution in [2.24, 2.45) is 0 Å². The van der Waals surface area contributed by atoms with Crippen LogP contribution < -0.4 is 10.6 Å². The minimum absolute atomic E-state index is 0.840. The third-order valence-corrected chi connectivity index (χ3v) is 2.86. The molecule has 7 nitrogen and oxygen atoms in total. The molecule has 2 heterocycles. The van der Waals surface area contributed by atoms with E-state index < -0.39 is 0 Å². The van der Waals surface area contributed by atoms with Gasteiger partial charge in [0.15, 0.2) is 0 Å². The Morgan fingerprint density at radius 3 is 2.79 bits per heavy atom. The van der Waals surface area contributed by atoms with Gasteiger partial charge in [0.25, 0.3) is 0 Å². The first kappa shape index (κ1) is 13.3. The summed E-state index contributed by atoms with van der Waals surface area (Å²) in [5.41, 5.74) is 1.12. The van der Waals surface area contributed by atoms with Gasteiger partial charge >= 0.3 is 0 Å². The molecule has 7 heteroatoms. The van der Waals surface area contributed by atoms with Crippen molar-refractivity contribution in [1.29, 1.82) is 0 Å². The fraction of sp³-hybridized carbons (Fsp3) is 0.500. The highest BCUT2D eigenvalue weighted by atomic mass is 15.4. The molecule has 0 aliphatic rings. The van der Waals surface area contributed by atoms with E-state index in [0.717, 1.165) is 43.1 Å². The Hall–Kier alpha value is -2.18. The van der Waals surface area contributed by atoms with E-state index in [1.165, 1.54) is 0 Å². The molecule has 2 aromatic heterocycles. The highest BCUT2D eigenvalue weighted by Crippen LogP contribution is 2.19. The van der Waals surface area contributed by atoms with Crippen LogP contribution in [0.3, 0.4) is 0 Å². The van der Waals surface area contributed by atoms with Gasteiger partial charge in [-0.1, -0.05) is 12.1 Å². The third-order valence-electron chi connectivity index (χ3n) is 2.86. The zero-order valence-electron chi connectivity index (χ0n) is 11.3. The van der Waals surface area contributed by atoms with Crippen molar-refractivity contribution in [1.82, 2.24) is 25.0 Å². The number of aromatic nitrogens is 5. The van der Waals surface area contributed by atoms with E-state index in [0.29, 0.717) is 0 Å². The zero-order chi connectivity index (χ0) is 13.5. The molecule has 102 valence electrons. The summed E-state index contributed by atoms with van der Waals surface area (Å²) in [4.78, 5) is 8.51. The molecular formula is C12H19N7. The minimum Gasteiger partial charge on any atom is -0.373 e. The Kier molecular flexibility index (Phi) is 4.66. The maximum absolute atomic E-state index is 4.30. The number of nitrogens with zero attached hydrogens (tertiary/aromatic N) is 5. The van der Waals surface area contributed by atoms with Gasteiger partial charge in [-0.05, 0) is 12.8 Å². The molecule has 0 radical (unpaired) electrons. The molecule has 0 unspecified atom stereocenters. The highest BCUT2D eigenvalue weighted by molar-refractivity contribution is 5.56. The third kappa shape index (κ3) is 3.40. The van der Waals surface area contributed by atoms with Crippen LogP contribution in [0.1, 0.15) is 18.9 Å². The van der Waals surface area contributed by atoms with Gasteiger partial charge in [-0.15, -0.1) is 5.10 Å². The number of rotatable bonds is 7. The van der Waals surface area contributed by atoms with Gasteiger partial charge in [0.1, 0.15) is 18.0 Å². The molecule has 0 aromatic carbocycles. The summed E-state index contributed by atoms with van der Waals surface area (Å²) in [7, 11) is 1.87. The van der Waals surface area contributed by atoms with Crippen LogP contribution in [0.15, 0.2) is 18.7 Å². The number of nitrogens with one attached hydrogen (secondary N) is 2. The highest BCUT2D eigenvalue weighted by Gasteiger charge is 2.07. The number of anilines is 2. The van der Waals surface area contributed by atoms with Crippen LogP contribution in [-0.4, -0.2) is 38.6 Å². The fourth-order valence-corrected chi connectivity index (χ4v) is 1.91. The summed E-state index contributed by atoms with van der Waals surface area (Å²) < 4.78 is 1.82. The minimum atomic E-state index is 0.840. The Morgan fingerprint density at radius 2 is 2.11 bits per heavy atom. The van der Waals surface area contributed by atoms with Crippen molar-refractivity contribution in [3.63, 3.8) is 0 Å². The zero-order valence-corrected chi connectivity index (χ0v) is 11.3. The van der Waals surface area contributed by atoms with E-state index in [1.807, 2.05) is 17.9 Å². The van der Waals surface area contributed by atoms with Crippen LogP contribution >= 0.6 is 0 Å². The van der Waals surface area contributed by atoms with Crippen molar-refractivity contribution >= 4 is 11.6 Å². The summed E-state index contributed by atoms with van der Waals surface area (Å²) in [6, 6.07) is 0. The van der Waals surface area contributed by atoms with Crippen LogP contribution in [0.4, 0.5) is 11.6 Å². The lowest BCUT2D eigenvalue weighted by Gasteiger charge is -2.12. The molecule has 2 N–H and O–H groups in total. The van der Waals surface area contributed by atoms with E-state index in [9.17, 15) is 0 Å². The second-order valence-corrected chi connectivity index (χ2v) is 4.10. The van der Waals surface area contributed by atoms with Crippen LogP contribution in [0, 0.1) is 0 Å². The molecule has 0 spiro atoms. The standard InChI is InChI=1S/C12H19N7/c1-3-10-11(13-2)15-9-16-12(10)14-5-4-7-19-8-6-17-18-19/h6,8-9H,3-5,7H2,1-2H3,(H2,13,14,15,16). The molecule has 0 amide bonds. The molecule has 0 saturated carbocycles. The van der Waals surface area contributed by atoms with Gasteiger partial charge in [0.05, 0.1) is 6.20 Å². The lowest BCUT2D eigenvalue weighted by Crippen LogP contribution is -2.11. The molecule has 2 aromatic rings.